The first-order chi connectivity index (χ1) is 13.4. The number of nitrogens with one attached hydrogen (secondary N) is 1. The number of hydrogen-bond acceptors (Lipinski definition) is 4. The Hall–Kier alpha value is -1.97. The third-order valence-corrected chi connectivity index (χ3v) is 5.75. The minimum atomic E-state index is -4.74. The second-order valence-corrected chi connectivity index (χ2v) is 8.05. The average molecular weight is 446 g/mol. The van der Waals surface area contributed by atoms with Gasteiger partial charge in [-0.25, -0.2) is 4.68 Å². The Morgan fingerprint density at radius 2 is 2.00 bits per heavy atom. The predicted molar refractivity (Wildman–Crippen MR) is 106 cm³/mol. The van der Waals surface area contributed by atoms with Gasteiger partial charge in [-0.1, -0.05) is 11.6 Å². The topological polar surface area (TPSA) is 46.9 Å². The van der Waals surface area contributed by atoms with Crippen LogP contribution in [-0.4, -0.2) is 28.0 Å². The molecule has 3 rings (SSSR count). The molecular formula is C18H15ClF3N3OS2. The molecule has 0 bridgehead atoms. The summed E-state index contributed by atoms with van der Waals surface area (Å²) < 4.78 is 41.5. The van der Waals surface area contributed by atoms with Crippen molar-refractivity contribution in [1.82, 2.24) is 15.1 Å². The summed E-state index contributed by atoms with van der Waals surface area (Å²) in [6.07, 6.45) is -3.80. The lowest BCUT2D eigenvalue weighted by atomic mass is 10.2. The average Bonchev–Trinajstić information content (AvgIpc) is 3.31. The molecule has 2 heterocycles. The monoisotopic (exact) mass is 445 g/mol. The third kappa shape index (κ3) is 5.09. The number of aromatic nitrogens is 2. The van der Waals surface area contributed by atoms with Crippen LogP contribution in [0.5, 0.6) is 0 Å². The zero-order valence-corrected chi connectivity index (χ0v) is 16.8. The van der Waals surface area contributed by atoms with E-state index in [-0.39, 0.29) is 12.2 Å². The largest absolute Gasteiger partial charge is 0.434 e. The van der Waals surface area contributed by atoms with Gasteiger partial charge >= 0.3 is 6.18 Å². The first kappa shape index (κ1) is 20.8. The molecular weight excluding hydrogens is 431 g/mol. The molecule has 0 spiro atoms. The van der Waals surface area contributed by atoms with E-state index in [0.29, 0.717) is 15.5 Å². The van der Waals surface area contributed by atoms with Gasteiger partial charge in [-0.3, -0.25) is 4.79 Å². The van der Waals surface area contributed by atoms with Crippen LogP contribution >= 0.6 is 34.7 Å². The summed E-state index contributed by atoms with van der Waals surface area (Å²) in [7, 11) is 0. The van der Waals surface area contributed by atoms with Crippen LogP contribution in [0.2, 0.25) is 5.02 Å². The molecule has 2 aromatic heterocycles. The van der Waals surface area contributed by atoms with Crippen molar-refractivity contribution in [3.63, 3.8) is 0 Å². The van der Waals surface area contributed by atoms with Crippen LogP contribution in [0.1, 0.15) is 21.6 Å². The van der Waals surface area contributed by atoms with Crippen molar-refractivity contribution in [2.24, 2.45) is 0 Å². The van der Waals surface area contributed by atoms with Crippen molar-refractivity contribution in [2.45, 2.75) is 11.9 Å². The third-order valence-electron chi connectivity index (χ3n) is 3.73. The Bertz CT molecular complexity index is 925. The van der Waals surface area contributed by atoms with Gasteiger partial charge in [-0.15, -0.1) is 0 Å². The molecule has 0 radical (unpaired) electrons. The normalized spacial score (nSPS) is 11.6. The highest BCUT2D eigenvalue weighted by atomic mass is 35.5. The molecule has 0 aliphatic heterocycles. The van der Waals surface area contributed by atoms with Crippen molar-refractivity contribution in [1.29, 1.82) is 0 Å². The van der Waals surface area contributed by atoms with Crippen molar-refractivity contribution in [2.75, 3.05) is 12.3 Å². The molecule has 0 saturated carbocycles. The van der Waals surface area contributed by atoms with Crippen LogP contribution in [0.15, 0.2) is 47.3 Å². The van der Waals surface area contributed by atoms with Gasteiger partial charge in [0, 0.05) is 23.1 Å². The summed E-state index contributed by atoms with van der Waals surface area (Å²) in [5.41, 5.74) is -0.268. The number of thioether (sulfide) groups is 1. The van der Waals surface area contributed by atoms with Crippen LogP contribution < -0.4 is 5.32 Å². The SMILES string of the molecule is O=C(NCCSCc1ccsc1)c1cnn(-c2ccc(Cl)cc2)c1C(F)(F)F. The molecule has 0 atom stereocenters. The van der Waals surface area contributed by atoms with Gasteiger partial charge < -0.3 is 5.32 Å². The Kier molecular flexibility index (Phi) is 6.69. The number of rotatable bonds is 7. The van der Waals surface area contributed by atoms with Crippen LogP contribution in [-0.2, 0) is 11.9 Å². The van der Waals surface area contributed by atoms with Gasteiger partial charge in [-0.2, -0.15) is 41.4 Å². The summed E-state index contributed by atoms with van der Waals surface area (Å²) in [6.45, 7) is 0.261. The first-order valence-corrected chi connectivity index (χ1v) is 10.6. The number of hydrogen-bond donors (Lipinski definition) is 1. The van der Waals surface area contributed by atoms with Crippen LogP contribution in [0.3, 0.4) is 0 Å². The first-order valence-electron chi connectivity index (χ1n) is 8.14. The molecule has 10 heteroatoms. The van der Waals surface area contributed by atoms with Crippen molar-refractivity contribution >= 4 is 40.6 Å². The molecule has 28 heavy (non-hydrogen) atoms. The maximum atomic E-state index is 13.6. The highest BCUT2D eigenvalue weighted by Gasteiger charge is 2.40. The van der Waals surface area contributed by atoms with E-state index in [2.05, 4.69) is 10.4 Å². The van der Waals surface area contributed by atoms with Gasteiger partial charge in [0.2, 0.25) is 0 Å². The number of alkyl halides is 3. The molecule has 3 aromatic rings. The van der Waals surface area contributed by atoms with Crippen LogP contribution in [0, 0.1) is 0 Å². The molecule has 1 amide bonds. The number of carbonyl (C=O) groups is 1. The quantitative estimate of drug-likeness (QED) is 0.504. The fourth-order valence-electron chi connectivity index (χ4n) is 2.46. The summed E-state index contributed by atoms with van der Waals surface area (Å²) in [5, 5.41) is 10.7. The summed E-state index contributed by atoms with van der Waals surface area (Å²) in [4.78, 5) is 12.3. The van der Waals surface area contributed by atoms with Gasteiger partial charge in [0.15, 0.2) is 5.69 Å². The van der Waals surface area contributed by atoms with E-state index in [1.165, 1.54) is 29.8 Å². The molecule has 1 aromatic carbocycles. The number of nitrogens with zero attached hydrogens (tertiary/aromatic N) is 2. The van der Waals surface area contributed by atoms with E-state index < -0.39 is 23.3 Å². The van der Waals surface area contributed by atoms with Gasteiger partial charge in [0.1, 0.15) is 0 Å². The minimum absolute atomic E-state index is 0.169. The number of thiophene rings is 1. The molecule has 148 valence electrons. The second-order valence-electron chi connectivity index (χ2n) is 5.73. The summed E-state index contributed by atoms with van der Waals surface area (Å²) in [5.74, 6) is 0.583. The van der Waals surface area contributed by atoms with Gasteiger partial charge in [-0.05, 0) is 46.7 Å². The van der Waals surface area contributed by atoms with Gasteiger partial charge in [0.25, 0.3) is 5.91 Å². The molecule has 0 fully saturated rings. The maximum Gasteiger partial charge on any atom is 0.434 e. The van der Waals surface area contributed by atoms with E-state index in [0.717, 1.165) is 11.9 Å². The molecule has 1 N–H and O–H groups in total. The minimum Gasteiger partial charge on any atom is -0.351 e. The van der Waals surface area contributed by atoms with Gasteiger partial charge in [0.05, 0.1) is 17.4 Å². The number of benzene rings is 1. The summed E-state index contributed by atoms with van der Waals surface area (Å²) in [6, 6.07) is 7.75. The Labute approximate surface area is 172 Å². The fraction of sp³-hybridized carbons (Fsp3) is 0.222. The van der Waals surface area contributed by atoms with Crippen molar-refractivity contribution in [3.8, 4) is 5.69 Å². The second kappa shape index (κ2) is 9.02. The highest BCUT2D eigenvalue weighted by Crippen LogP contribution is 2.33. The van der Waals surface area contributed by atoms with Crippen LogP contribution in [0.4, 0.5) is 13.2 Å². The van der Waals surface area contributed by atoms with Crippen LogP contribution in [0.25, 0.3) is 5.69 Å². The van der Waals surface area contributed by atoms with E-state index in [1.807, 2.05) is 16.8 Å². The van der Waals surface area contributed by atoms with E-state index >= 15 is 0 Å². The van der Waals surface area contributed by atoms with E-state index in [9.17, 15) is 18.0 Å². The maximum absolute atomic E-state index is 13.6. The zero-order chi connectivity index (χ0) is 20.1. The molecule has 4 nitrogen and oxygen atoms in total. The molecule has 0 aliphatic rings. The lowest BCUT2D eigenvalue weighted by molar-refractivity contribution is -0.143. The number of carbonyl (C=O) groups excluding carboxylic acids is 1. The fourth-order valence-corrected chi connectivity index (χ4v) is 4.17. The number of halogens is 4. The zero-order valence-electron chi connectivity index (χ0n) is 14.4. The molecule has 0 saturated heterocycles. The van der Waals surface area contributed by atoms with E-state index in [1.54, 1.807) is 23.1 Å². The highest BCUT2D eigenvalue weighted by molar-refractivity contribution is 7.98. The Morgan fingerprint density at radius 1 is 1.25 bits per heavy atom. The number of amides is 1. The predicted octanol–water partition coefficient (Wildman–Crippen LogP) is 5.27. The van der Waals surface area contributed by atoms with Crippen molar-refractivity contribution < 1.29 is 18.0 Å². The van der Waals surface area contributed by atoms with Crippen molar-refractivity contribution in [3.05, 3.63) is 69.1 Å². The van der Waals surface area contributed by atoms with E-state index in [4.69, 9.17) is 11.6 Å². The standard InChI is InChI=1S/C18H15ClF3N3OS2/c19-13-1-3-14(4-2-13)25-16(18(20,21)22)15(9-24-25)17(26)23-6-8-28-11-12-5-7-27-10-12/h1-5,7,9-10H,6,8,11H2,(H,23,26). The lowest BCUT2D eigenvalue weighted by Crippen LogP contribution is -2.28. The summed E-state index contributed by atoms with van der Waals surface area (Å²) >= 11 is 8.98. The Balaban J connectivity index is 1.68. The molecule has 0 unspecified atom stereocenters. The Morgan fingerprint density at radius 3 is 2.64 bits per heavy atom. The lowest BCUT2D eigenvalue weighted by Gasteiger charge is -2.13. The smallest absolute Gasteiger partial charge is 0.351 e. The molecule has 0 aliphatic carbocycles.